The van der Waals surface area contributed by atoms with E-state index in [1.165, 1.54) is 0 Å². The fourth-order valence-corrected chi connectivity index (χ4v) is 18.5. The third kappa shape index (κ3) is 4.48. The van der Waals surface area contributed by atoms with E-state index in [9.17, 15) is 19.2 Å². The quantitative estimate of drug-likeness (QED) is 0.188. The second-order valence-electron chi connectivity index (χ2n) is 13.7. The maximum Gasteiger partial charge on any atom is 0.317 e. The molecule has 0 aromatic heterocycles. The van der Waals surface area contributed by atoms with Gasteiger partial charge >= 0.3 is 23.9 Å². The van der Waals surface area contributed by atoms with Crippen molar-refractivity contribution in [3.05, 3.63) is 0 Å². The average molecular weight is 565 g/mol. The zero-order valence-corrected chi connectivity index (χ0v) is 26.7. The van der Waals surface area contributed by atoms with Crippen molar-refractivity contribution in [3.63, 3.8) is 0 Å². The highest BCUT2D eigenvalue weighted by molar-refractivity contribution is 6.83. The molecule has 4 rings (SSSR count). The lowest BCUT2D eigenvalue weighted by Crippen LogP contribution is -2.65. The maximum atomic E-state index is 12.5. The highest BCUT2D eigenvalue weighted by atomic mass is 28.4. The minimum atomic E-state index is -2.38. The Kier molecular flexibility index (Phi) is 8.00. The lowest BCUT2D eigenvalue weighted by molar-refractivity contribution is -0.155. The zero-order chi connectivity index (χ0) is 28.3. The van der Waals surface area contributed by atoms with Crippen molar-refractivity contribution in [2.75, 3.05) is 0 Å². The molecule has 2 aliphatic carbocycles. The monoisotopic (exact) mass is 564 g/mol. The van der Waals surface area contributed by atoms with Crippen molar-refractivity contribution in [1.29, 1.82) is 0 Å². The van der Waals surface area contributed by atoms with E-state index in [0.717, 1.165) is 44.9 Å². The van der Waals surface area contributed by atoms with Crippen LogP contribution in [-0.4, -0.2) is 45.5 Å². The summed E-state index contributed by atoms with van der Waals surface area (Å²) in [5, 5.41) is -0.314. The van der Waals surface area contributed by atoms with Gasteiger partial charge in [0.25, 0.3) is 0 Å². The predicted molar refractivity (Wildman–Crippen MR) is 149 cm³/mol. The Labute approximate surface area is 230 Å². The van der Waals surface area contributed by atoms with Gasteiger partial charge in [-0.2, -0.15) is 0 Å². The number of cyclic esters (lactones) is 4. The Morgan fingerprint density at radius 1 is 0.711 bits per heavy atom. The molecule has 2 heterocycles. The van der Waals surface area contributed by atoms with Gasteiger partial charge in [0.2, 0.25) is 0 Å². The molecule has 7 atom stereocenters. The fourth-order valence-electron chi connectivity index (χ4n) is 8.78. The highest BCUT2D eigenvalue weighted by Gasteiger charge is 2.61. The molecule has 0 amide bonds. The van der Waals surface area contributed by atoms with Gasteiger partial charge in [-0.15, -0.1) is 0 Å². The molecular formula is C29H48O7Si2. The number of hydrogen-bond donors (Lipinski definition) is 0. The van der Waals surface area contributed by atoms with Crippen LogP contribution in [0.25, 0.3) is 0 Å². The molecule has 0 N–H and O–H groups in total. The van der Waals surface area contributed by atoms with Gasteiger partial charge < -0.3 is 13.9 Å². The maximum absolute atomic E-state index is 12.5. The number of hydrogen-bond acceptors (Lipinski definition) is 7. The number of rotatable bonds is 9. The summed E-state index contributed by atoms with van der Waals surface area (Å²) >= 11 is 0. The summed E-state index contributed by atoms with van der Waals surface area (Å²) in [4.78, 5) is 49.3. The molecule has 7 nitrogen and oxygen atoms in total. The number of ether oxygens (including phenoxy) is 2. The van der Waals surface area contributed by atoms with Crippen molar-refractivity contribution in [2.24, 2.45) is 29.6 Å². The average Bonchev–Trinajstić information content (AvgIpc) is 3.34. The van der Waals surface area contributed by atoms with Crippen LogP contribution in [0.15, 0.2) is 0 Å². The molecule has 214 valence electrons. The fraction of sp³-hybridized carbons (Fsp3) is 0.862. The first kappa shape index (κ1) is 29.7. The molecule has 0 bridgehead atoms. The van der Waals surface area contributed by atoms with E-state index in [4.69, 9.17) is 13.9 Å². The summed E-state index contributed by atoms with van der Waals surface area (Å²) in [6.45, 7) is 18.7. The Hall–Kier alpha value is -1.33. The standard InChI is InChI=1S/C29H48O7Si2/c1-9-28(4,18-12-14-20-22(16-18)26(32)34-24(20)30)38(7,8)36-29(10-2,11-3)37(5,6)19-13-15-21-23(17-19)27(33)35-25(21)31/h18-23H,9-17H2,1-8H3. The van der Waals surface area contributed by atoms with Crippen LogP contribution in [0.4, 0.5) is 0 Å². The van der Waals surface area contributed by atoms with E-state index >= 15 is 0 Å². The molecule has 2 saturated carbocycles. The molecule has 0 aromatic rings. The van der Waals surface area contributed by atoms with Crippen LogP contribution in [0.2, 0.25) is 36.8 Å². The molecule has 7 unspecified atom stereocenters. The van der Waals surface area contributed by atoms with Crippen LogP contribution in [0.3, 0.4) is 0 Å². The number of fused-ring (bicyclic) bond motifs is 2. The minimum Gasteiger partial charge on any atom is -0.414 e. The van der Waals surface area contributed by atoms with Gasteiger partial charge in [0, 0.05) is 5.22 Å². The third-order valence-corrected chi connectivity index (χ3v) is 22.5. The van der Waals surface area contributed by atoms with Crippen LogP contribution in [-0.2, 0) is 33.1 Å². The first-order valence-corrected chi connectivity index (χ1v) is 20.9. The lowest BCUT2D eigenvalue weighted by Gasteiger charge is -2.58. The van der Waals surface area contributed by atoms with Gasteiger partial charge in [-0.25, -0.2) is 0 Å². The first-order valence-electron chi connectivity index (χ1n) is 14.9. The third-order valence-electron chi connectivity index (χ3n) is 12.1. The van der Waals surface area contributed by atoms with Crippen molar-refractivity contribution >= 4 is 40.3 Å². The SMILES string of the molecule is CCC(C)(C1CCC2C(=O)OC(=O)C2C1)[Si](C)(C)OC(CC)(CC)[Si](C)(C)C1CCC2C(=O)OC(=O)C2C1. The van der Waals surface area contributed by atoms with E-state index in [2.05, 4.69) is 53.9 Å². The van der Waals surface area contributed by atoms with Gasteiger partial charge in [0.15, 0.2) is 8.32 Å². The van der Waals surface area contributed by atoms with Crippen LogP contribution < -0.4 is 0 Å². The molecule has 0 aromatic carbocycles. The molecule has 0 radical (unpaired) electrons. The van der Waals surface area contributed by atoms with Gasteiger partial charge in [0.05, 0.1) is 31.7 Å². The predicted octanol–water partition coefficient (Wildman–Crippen LogP) is 6.17. The highest BCUT2D eigenvalue weighted by Crippen LogP contribution is 2.59. The van der Waals surface area contributed by atoms with E-state index in [1.807, 2.05) is 0 Å². The Morgan fingerprint density at radius 2 is 1.18 bits per heavy atom. The normalized spacial score (nSPS) is 33.9. The lowest BCUT2D eigenvalue weighted by atomic mass is 9.70. The van der Waals surface area contributed by atoms with Crippen LogP contribution in [0.1, 0.15) is 85.5 Å². The largest absolute Gasteiger partial charge is 0.414 e. The number of esters is 4. The Bertz CT molecular complexity index is 987. The molecule has 38 heavy (non-hydrogen) atoms. The molecule has 9 heteroatoms. The summed E-state index contributed by atoms with van der Waals surface area (Å²) in [6, 6.07) is 0. The topological polar surface area (TPSA) is 96.0 Å². The molecule has 0 spiro atoms. The smallest absolute Gasteiger partial charge is 0.317 e. The molecule has 4 aliphatic rings. The number of carbonyl (C=O) groups excluding carboxylic acids is 4. The summed E-state index contributed by atoms with van der Waals surface area (Å²) in [7, 11) is -4.49. The van der Waals surface area contributed by atoms with Gasteiger partial charge in [-0.3, -0.25) is 19.2 Å². The molecular weight excluding hydrogens is 516 g/mol. The zero-order valence-electron chi connectivity index (χ0n) is 24.7. The Morgan fingerprint density at radius 3 is 1.68 bits per heavy atom. The Balaban J connectivity index is 1.59. The van der Waals surface area contributed by atoms with Gasteiger partial charge in [-0.05, 0) is 74.5 Å². The van der Waals surface area contributed by atoms with E-state index in [-0.39, 0.29) is 57.8 Å². The summed E-state index contributed by atoms with van der Waals surface area (Å²) < 4.78 is 17.6. The van der Waals surface area contributed by atoms with Crippen LogP contribution in [0.5, 0.6) is 0 Å². The molecule has 4 fully saturated rings. The minimum absolute atomic E-state index is 0.0662. The summed E-state index contributed by atoms with van der Waals surface area (Å²) in [6.07, 6.45) is 7.54. The van der Waals surface area contributed by atoms with Crippen molar-refractivity contribution < 1.29 is 33.1 Å². The summed E-state index contributed by atoms with van der Waals surface area (Å²) in [5.74, 6) is -2.18. The van der Waals surface area contributed by atoms with Crippen molar-refractivity contribution in [3.8, 4) is 0 Å². The van der Waals surface area contributed by atoms with Crippen molar-refractivity contribution in [2.45, 2.75) is 127 Å². The van der Waals surface area contributed by atoms with E-state index < -0.39 is 16.4 Å². The molecule has 2 aliphatic heterocycles. The van der Waals surface area contributed by atoms with E-state index in [1.54, 1.807) is 0 Å². The first-order chi connectivity index (χ1) is 17.7. The second kappa shape index (κ2) is 10.3. The van der Waals surface area contributed by atoms with E-state index in [0.29, 0.717) is 24.3 Å². The molecule has 2 saturated heterocycles. The number of carbonyl (C=O) groups is 4. The van der Waals surface area contributed by atoms with Gasteiger partial charge in [0.1, 0.15) is 0 Å². The van der Waals surface area contributed by atoms with Crippen molar-refractivity contribution in [1.82, 2.24) is 0 Å². The van der Waals surface area contributed by atoms with Crippen LogP contribution >= 0.6 is 0 Å². The van der Waals surface area contributed by atoms with Crippen LogP contribution in [0, 0.1) is 29.6 Å². The van der Waals surface area contributed by atoms with Gasteiger partial charge in [-0.1, -0.05) is 53.6 Å². The second-order valence-corrected chi connectivity index (χ2v) is 23.3. The summed E-state index contributed by atoms with van der Waals surface area (Å²) in [5.41, 5.74) is 0.384.